The summed E-state index contributed by atoms with van der Waals surface area (Å²) >= 11 is 0. The Morgan fingerprint density at radius 1 is 0.862 bits per heavy atom. The summed E-state index contributed by atoms with van der Waals surface area (Å²) in [6, 6.07) is 12.1. The number of benzene rings is 2. The molecule has 1 aromatic heterocycles. The average Bonchev–Trinajstić information content (AvgIpc) is 3.08. The molecule has 1 aliphatic rings. The Morgan fingerprint density at radius 3 is 2.03 bits per heavy atom. The monoisotopic (exact) mass is 395 g/mol. The van der Waals surface area contributed by atoms with Crippen LogP contribution in [0.15, 0.2) is 36.4 Å². The van der Waals surface area contributed by atoms with Gasteiger partial charge in [-0.1, -0.05) is 24.3 Å². The van der Waals surface area contributed by atoms with Crippen LogP contribution in [0, 0.1) is 0 Å². The third kappa shape index (κ3) is 3.05. The zero-order chi connectivity index (χ0) is 20.5. The van der Waals surface area contributed by atoms with Crippen molar-refractivity contribution in [1.29, 1.82) is 0 Å². The molecule has 152 valence electrons. The van der Waals surface area contributed by atoms with Crippen LogP contribution in [0.4, 0.5) is 0 Å². The van der Waals surface area contributed by atoms with Gasteiger partial charge in [-0.3, -0.25) is 0 Å². The molecule has 0 amide bonds. The van der Waals surface area contributed by atoms with Gasteiger partial charge < -0.3 is 29.0 Å². The lowest BCUT2D eigenvalue weighted by molar-refractivity contribution is 0.260. The molecule has 29 heavy (non-hydrogen) atoms. The summed E-state index contributed by atoms with van der Waals surface area (Å²) in [4.78, 5) is 0. The van der Waals surface area contributed by atoms with Gasteiger partial charge >= 0.3 is 0 Å². The number of ether oxygens (including phenoxy) is 3. The minimum atomic E-state index is -0.168. The Morgan fingerprint density at radius 2 is 1.48 bits per heavy atom. The first kappa shape index (κ1) is 19.4. The van der Waals surface area contributed by atoms with Crippen LogP contribution < -0.4 is 14.2 Å². The largest absolute Gasteiger partial charge is 0.493 e. The van der Waals surface area contributed by atoms with Crippen molar-refractivity contribution in [3.05, 3.63) is 64.3 Å². The van der Waals surface area contributed by atoms with Crippen molar-refractivity contribution in [2.75, 3.05) is 21.3 Å². The first-order chi connectivity index (χ1) is 14.2. The topological polar surface area (TPSA) is 73.1 Å². The zero-order valence-electron chi connectivity index (χ0n) is 16.9. The van der Waals surface area contributed by atoms with Crippen LogP contribution in [-0.2, 0) is 26.2 Å². The van der Waals surface area contributed by atoms with E-state index < -0.39 is 0 Å². The lowest BCUT2D eigenvalue weighted by Crippen LogP contribution is -2.15. The van der Waals surface area contributed by atoms with Crippen molar-refractivity contribution in [3.8, 4) is 28.5 Å². The number of hydrogen-bond acceptors (Lipinski definition) is 5. The van der Waals surface area contributed by atoms with Gasteiger partial charge in [0.2, 0.25) is 5.75 Å². The van der Waals surface area contributed by atoms with Crippen LogP contribution in [0.25, 0.3) is 11.3 Å². The van der Waals surface area contributed by atoms with Gasteiger partial charge in [-0.05, 0) is 23.3 Å². The van der Waals surface area contributed by atoms with Crippen LogP contribution in [0.1, 0.15) is 27.9 Å². The number of nitrogens with zero attached hydrogens (tertiary/aromatic N) is 1. The molecule has 2 N–H and O–H groups in total. The standard InChI is InChI=1S/C23H25NO5/c1-27-20-9-16(10-21(28-2)23(20)29-3)22-18(13-26)17(12-25)19-8-14-6-4-5-7-15(14)11-24(19)22/h4-7,9-10,25-26H,8,11-13H2,1-3H3. The van der Waals surface area contributed by atoms with E-state index in [1.807, 2.05) is 24.3 Å². The molecule has 0 aliphatic carbocycles. The number of aliphatic hydroxyl groups excluding tert-OH is 2. The Labute approximate surface area is 169 Å². The second-order valence-electron chi connectivity index (χ2n) is 7.01. The number of fused-ring (bicyclic) bond motifs is 2. The van der Waals surface area contributed by atoms with Crippen molar-refractivity contribution in [1.82, 2.24) is 4.57 Å². The molecule has 0 atom stereocenters. The average molecular weight is 395 g/mol. The van der Waals surface area contributed by atoms with E-state index in [1.54, 1.807) is 21.3 Å². The van der Waals surface area contributed by atoms with Crippen molar-refractivity contribution >= 4 is 0 Å². The maximum absolute atomic E-state index is 10.2. The molecule has 0 saturated heterocycles. The first-order valence-corrected chi connectivity index (χ1v) is 9.48. The molecule has 1 aliphatic heterocycles. The molecule has 0 spiro atoms. The highest BCUT2D eigenvalue weighted by molar-refractivity contribution is 5.74. The summed E-state index contributed by atoms with van der Waals surface area (Å²) in [6.07, 6.45) is 0.712. The smallest absolute Gasteiger partial charge is 0.203 e. The van der Waals surface area contributed by atoms with E-state index in [0.29, 0.717) is 30.2 Å². The van der Waals surface area contributed by atoms with Crippen molar-refractivity contribution in [2.24, 2.45) is 0 Å². The molecular weight excluding hydrogens is 370 g/mol. The highest BCUT2D eigenvalue weighted by Gasteiger charge is 2.28. The highest BCUT2D eigenvalue weighted by atomic mass is 16.5. The van der Waals surface area contributed by atoms with Gasteiger partial charge in [0.15, 0.2) is 11.5 Å². The van der Waals surface area contributed by atoms with Gasteiger partial charge in [0.25, 0.3) is 0 Å². The highest BCUT2D eigenvalue weighted by Crippen LogP contribution is 2.44. The summed E-state index contributed by atoms with van der Waals surface area (Å²) < 4.78 is 18.7. The lowest BCUT2D eigenvalue weighted by atomic mass is 9.97. The molecule has 6 nitrogen and oxygen atoms in total. The quantitative estimate of drug-likeness (QED) is 0.525. The second-order valence-corrected chi connectivity index (χ2v) is 7.01. The minimum Gasteiger partial charge on any atom is -0.493 e. The minimum absolute atomic E-state index is 0.127. The number of methoxy groups -OCH3 is 3. The molecule has 0 unspecified atom stereocenters. The van der Waals surface area contributed by atoms with Crippen LogP contribution in [0.2, 0.25) is 0 Å². The van der Waals surface area contributed by atoms with E-state index in [9.17, 15) is 10.2 Å². The summed E-state index contributed by atoms with van der Waals surface area (Å²) in [7, 11) is 4.73. The van der Waals surface area contributed by atoms with E-state index in [1.165, 1.54) is 11.1 Å². The Kier molecular flexibility index (Phi) is 5.22. The molecule has 6 heteroatoms. The molecular formula is C23H25NO5. The van der Waals surface area contributed by atoms with E-state index in [0.717, 1.165) is 28.1 Å². The number of aliphatic hydroxyl groups is 2. The van der Waals surface area contributed by atoms with Gasteiger partial charge in [-0.2, -0.15) is 0 Å². The summed E-state index contributed by atoms with van der Waals surface area (Å²) in [5, 5.41) is 20.3. The number of aromatic nitrogens is 1. The van der Waals surface area contributed by atoms with Gasteiger partial charge in [-0.25, -0.2) is 0 Å². The summed E-state index contributed by atoms with van der Waals surface area (Å²) in [5.41, 5.74) is 6.71. The fourth-order valence-electron chi connectivity index (χ4n) is 4.29. The SMILES string of the molecule is COc1cc(-c2c(CO)c(CO)c3n2Cc2ccccc2C3)cc(OC)c1OC. The van der Waals surface area contributed by atoms with Gasteiger partial charge in [0.1, 0.15) is 0 Å². The van der Waals surface area contributed by atoms with Crippen molar-refractivity contribution in [2.45, 2.75) is 26.2 Å². The van der Waals surface area contributed by atoms with Crippen molar-refractivity contribution in [3.63, 3.8) is 0 Å². The maximum Gasteiger partial charge on any atom is 0.203 e. The molecule has 0 bridgehead atoms. The number of rotatable bonds is 6. The maximum atomic E-state index is 10.2. The summed E-state index contributed by atoms with van der Waals surface area (Å²) in [6.45, 7) is 0.376. The molecule has 0 fully saturated rings. The van der Waals surface area contributed by atoms with Gasteiger partial charge in [0.05, 0.1) is 40.2 Å². The predicted molar refractivity (Wildman–Crippen MR) is 110 cm³/mol. The molecule has 2 aromatic carbocycles. The third-order valence-electron chi connectivity index (χ3n) is 5.65. The predicted octanol–water partition coefficient (Wildman–Crippen LogP) is 3.12. The fraction of sp³-hybridized carbons (Fsp3) is 0.304. The second kappa shape index (κ2) is 7.81. The van der Waals surface area contributed by atoms with Gasteiger partial charge in [0, 0.05) is 35.3 Å². The van der Waals surface area contributed by atoms with Crippen molar-refractivity contribution < 1.29 is 24.4 Å². The summed E-state index contributed by atoms with van der Waals surface area (Å²) in [5.74, 6) is 1.61. The molecule has 0 radical (unpaired) electrons. The third-order valence-corrected chi connectivity index (χ3v) is 5.65. The molecule has 4 rings (SSSR count). The number of hydrogen-bond donors (Lipinski definition) is 2. The van der Waals surface area contributed by atoms with Crippen LogP contribution >= 0.6 is 0 Å². The van der Waals surface area contributed by atoms with E-state index in [-0.39, 0.29) is 13.2 Å². The Hall–Kier alpha value is -2.96. The Bertz CT molecular complexity index is 1030. The van der Waals surface area contributed by atoms with E-state index >= 15 is 0 Å². The Balaban J connectivity index is 1.97. The van der Waals surface area contributed by atoms with E-state index in [4.69, 9.17) is 14.2 Å². The molecule has 3 aromatic rings. The normalized spacial score (nSPS) is 12.3. The van der Waals surface area contributed by atoms with Gasteiger partial charge in [-0.15, -0.1) is 0 Å². The molecule has 0 saturated carbocycles. The van der Waals surface area contributed by atoms with Crippen LogP contribution in [-0.4, -0.2) is 36.1 Å². The zero-order valence-corrected chi connectivity index (χ0v) is 16.9. The van der Waals surface area contributed by atoms with E-state index in [2.05, 4.69) is 16.7 Å². The molecule has 2 heterocycles. The fourth-order valence-corrected chi connectivity index (χ4v) is 4.29. The first-order valence-electron chi connectivity index (χ1n) is 9.48. The lowest BCUT2D eigenvalue weighted by Gasteiger charge is -2.23. The van der Waals surface area contributed by atoms with Crippen LogP contribution in [0.5, 0.6) is 17.2 Å². The van der Waals surface area contributed by atoms with Crippen LogP contribution in [0.3, 0.4) is 0 Å².